The Kier molecular flexibility index (Phi) is 5.70. The average molecular weight is 361 g/mol. The van der Waals surface area contributed by atoms with Crippen molar-refractivity contribution in [2.75, 3.05) is 0 Å². The quantitative estimate of drug-likeness (QED) is 0.540. The van der Waals surface area contributed by atoms with E-state index in [9.17, 15) is 9.18 Å². The Bertz CT molecular complexity index is 987. The summed E-state index contributed by atoms with van der Waals surface area (Å²) in [4.78, 5) is 12.0. The Morgan fingerprint density at radius 2 is 1.96 bits per heavy atom. The van der Waals surface area contributed by atoms with Crippen LogP contribution in [0.1, 0.15) is 22.3 Å². The van der Waals surface area contributed by atoms with Crippen LogP contribution in [0.5, 0.6) is 0 Å². The molecule has 2 aromatic carbocycles. The summed E-state index contributed by atoms with van der Waals surface area (Å²) in [6, 6.07) is 16.8. The first kappa shape index (κ1) is 18.0. The van der Waals surface area contributed by atoms with Crippen LogP contribution >= 0.6 is 0 Å². The van der Waals surface area contributed by atoms with Crippen LogP contribution in [0.2, 0.25) is 0 Å². The first-order valence-corrected chi connectivity index (χ1v) is 8.26. The van der Waals surface area contributed by atoms with E-state index >= 15 is 0 Å². The summed E-state index contributed by atoms with van der Waals surface area (Å²) in [7, 11) is 0. The summed E-state index contributed by atoms with van der Waals surface area (Å²) in [6.45, 7) is 0.464. The molecule has 1 heterocycles. The van der Waals surface area contributed by atoms with E-state index in [0.717, 1.165) is 5.56 Å². The van der Waals surface area contributed by atoms with Gasteiger partial charge in [-0.25, -0.2) is 9.82 Å². The summed E-state index contributed by atoms with van der Waals surface area (Å²) < 4.78 is 14.6. The number of carbonyl (C=O) groups excluding carboxylic acids is 1. The number of nitriles is 1. The Morgan fingerprint density at radius 1 is 1.22 bits per heavy atom. The minimum Gasteiger partial charge on any atom is -0.270 e. The summed E-state index contributed by atoms with van der Waals surface area (Å²) in [5, 5.41) is 17.2. The second-order valence-electron chi connectivity index (χ2n) is 5.68. The van der Waals surface area contributed by atoms with Gasteiger partial charge in [-0.05, 0) is 24.3 Å². The van der Waals surface area contributed by atoms with Crippen molar-refractivity contribution in [3.8, 4) is 17.3 Å². The van der Waals surface area contributed by atoms with E-state index in [1.165, 1.54) is 30.5 Å². The van der Waals surface area contributed by atoms with Crippen LogP contribution in [0.15, 0.2) is 65.9 Å². The lowest BCUT2D eigenvalue weighted by atomic mass is 10.1. The Hall–Kier alpha value is -3.79. The van der Waals surface area contributed by atoms with Gasteiger partial charge in [0.2, 0.25) is 0 Å². The number of hydrazone groups is 1. The maximum Gasteiger partial charge on any atom is 0.271 e. The number of aromatic nitrogens is 2. The van der Waals surface area contributed by atoms with Gasteiger partial charge in [-0.2, -0.15) is 15.5 Å². The molecular formula is C20H16FN5O. The molecule has 1 amide bonds. The monoisotopic (exact) mass is 361 g/mol. The van der Waals surface area contributed by atoms with Crippen molar-refractivity contribution in [3.63, 3.8) is 0 Å². The number of amides is 1. The van der Waals surface area contributed by atoms with Gasteiger partial charge in [-0.15, -0.1) is 0 Å². The summed E-state index contributed by atoms with van der Waals surface area (Å²) in [6.07, 6.45) is 3.61. The van der Waals surface area contributed by atoms with E-state index in [0.29, 0.717) is 29.8 Å². The number of hydrogen-bond acceptors (Lipinski definition) is 4. The molecule has 0 aliphatic carbocycles. The molecule has 3 aromatic rings. The molecule has 0 fully saturated rings. The largest absolute Gasteiger partial charge is 0.271 e. The first-order valence-electron chi connectivity index (χ1n) is 8.26. The van der Waals surface area contributed by atoms with Crippen LogP contribution in [0.4, 0.5) is 4.39 Å². The lowest BCUT2D eigenvalue weighted by Gasteiger charge is -2.00. The molecule has 7 heteroatoms. The van der Waals surface area contributed by atoms with Crippen LogP contribution in [0.3, 0.4) is 0 Å². The zero-order chi connectivity index (χ0) is 19.1. The van der Waals surface area contributed by atoms with Gasteiger partial charge in [0.05, 0.1) is 25.2 Å². The van der Waals surface area contributed by atoms with Gasteiger partial charge in [-0.3, -0.25) is 9.48 Å². The molecule has 1 N–H and O–H groups in total. The fourth-order valence-corrected chi connectivity index (χ4v) is 2.46. The van der Waals surface area contributed by atoms with Crippen LogP contribution < -0.4 is 5.43 Å². The first-order chi connectivity index (χ1) is 13.2. The van der Waals surface area contributed by atoms with Crippen LogP contribution in [-0.2, 0) is 6.54 Å². The Morgan fingerprint density at radius 3 is 2.67 bits per heavy atom. The third kappa shape index (κ3) is 4.64. The molecule has 6 nitrogen and oxygen atoms in total. The number of nitrogens with one attached hydrogen (secondary N) is 1. The summed E-state index contributed by atoms with van der Waals surface area (Å²) in [5.74, 6) is -0.850. The lowest BCUT2D eigenvalue weighted by molar-refractivity contribution is 0.0955. The number of benzene rings is 2. The molecule has 0 bridgehead atoms. The van der Waals surface area contributed by atoms with Gasteiger partial charge in [-0.1, -0.05) is 30.3 Å². The molecule has 0 atom stereocenters. The van der Waals surface area contributed by atoms with Gasteiger partial charge >= 0.3 is 0 Å². The average Bonchev–Trinajstić information content (AvgIpc) is 3.10. The molecule has 0 spiro atoms. The molecule has 0 aliphatic heterocycles. The van der Waals surface area contributed by atoms with Crippen LogP contribution in [0.25, 0.3) is 11.3 Å². The molecule has 0 saturated heterocycles. The minimum absolute atomic E-state index is 0.307. The summed E-state index contributed by atoms with van der Waals surface area (Å²) >= 11 is 0. The smallest absolute Gasteiger partial charge is 0.270 e. The number of halogens is 1. The molecule has 0 aliphatic rings. The van der Waals surface area contributed by atoms with E-state index in [4.69, 9.17) is 5.26 Å². The van der Waals surface area contributed by atoms with E-state index in [2.05, 4.69) is 21.7 Å². The van der Waals surface area contributed by atoms with Gasteiger partial charge in [0.1, 0.15) is 11.5 Å². The van der Waals surface area contributed by atoms with E-state index in [1.54, 1.807) is 10.9 Å². The highest BCUT2D eigenvalue weighted by atomic mass is 19.1. The molecule has 3 rings (SSSR count). The maximum atomic E-state index is 12.9. The summed E-state index contributed by atoms with van der Waals surface area (Å²) in [5.41, 5.74) is 5.04. The standard InChI is InChI=1S/C20H16FN5O/c21-18-9-7-16(8-10-18)20(27)24-23-13-17-14-26(12-4-11-22)25-19(17)15-5-2-1-3-6-15/h1-3,5-10,13-14H,4,12H2,(H,24,27)/b23-13-. The second kappa shape index (κ2) is 8.54. The molecule has 0 unspecified atom stereocenters. The van der Waals surface area contributed by atoms with Crippen molar-refractivity contribution in [2.24, 2.45) is 5.10 Å². The maximum absolute atomic E-state index is 12.9. The molecule has 1 aromatic heterocycles. The third-order valence-electron chi connectivity index (χ3n) is 3.77. The highest BCUT2D eigenvalue weighted by Crippen LogP contribution is 2.20. The SMILES string of the molecule is N#CCCn1cc(/C=N\NC(=O)c2ccc(F)cc2)c(-c2ccccc2)n1. The molecule has 0 saturated carbocycles. The van der Waals surface area contributed by atoms with Crippen molar-refractivity contribution < 1.29 is 9.18 Å². The van der Waals surface area contributed by atoms with Crippen LogP contribution in [-0.4, -0.2) is 21.9 Å². The molecule has 0 radical (unpaired) electrons. The fraction of sp³-hybridized carbons (Fsp3) is 0.100. The van der Waals surface area contributed by atoms with E-state index < -0.39 is 11.7 Å². The van der Waals surface area contributed by atoms with Crippen molar-refractivity contribution in [1.29, 1.82) is 5.26 Å². The van der Waals surface area contributed by atoms with Gasteiger partial charge < -0.3 is 0 Å². The number of carbonyl (C=O) groups is 1. The number of nitrogens with zero attached hydrogens (tertiary/aromatic N) is 4. The lowest BCUT2D eigenvalue weighted by Crippen LogP contribution is -2.17. The molecule has 134 valence electrons. The van der Waals surface area contributed by atoms with Gasteiger partial charge in [0.25, 0.3) is 5.91 Å². The van der Waals surface area contributed by atoms with Crippen molar-refractivity contribution in [3.05, 3.63) is 77.7 Å². The molecular weight excluding hydrogens is 345 g/mol. The number of rotatable bonds is 6. The van der Waals surface area contributed by atoms with Gasteiger partial charge in [0, 0.05) is 22.9 Å². The van der Waals surface area contributed by atoms with Crippen molar-refractivity contribution >= 4 is 12.1 Å². The topological polar surface area (TPSA) is 83.1 Å². The van der Waals surface area contributed by atoms with Crippen LogP contribution in [0, 0.1) is 17.1 Å². The van der Waals surface area contributed by atoms with E-state index in [-0.39, 0.29) is 0 Å². The van der Waals surface area contributed by atoms with Crippen molar-refractivity contribution in [2.45, 2.75) is 13.0 Å². The van der Waals surface area contributed by atoms with E-state index in [1.807, 2.05) is 30.3 Å². The third-order valence-corrected chi connectivity index (χ3v) is 3.77. The normalized spacial score (nSPS) is 10.7. The highest BCUT2D eigenvalue weighted by Gasteiger charge is 2.10. The predicted molar refractivity (Wildman–Crippen MR) is 99.4 cm³/mol. The van der Waals surface area contributed by atoms with Crippen molar-refractivity contribution in [1.82, 2.24) is 15.2 Å². The highest BCUT2D eigenvalue weighted by molar-refractivity contribution is 5.95. The zero-order valence-electron chi connectivity index (χ0n) is 14.3. The second-order valence-corrected chi connectivity index (χ2v) is 5.68. The molecule has 27 heavy (non-hydrogen) atoms. The number of hydrogen-bond donors (Lipinski definition) is 1. The predicted octanol–water partition coefficient (Wildman–Crippen LogP) is 3.37. The minimum atomic E-state index is -0.440. The number of aryl methyl sites for hydroxylation is 1. The Balaban J connectivity index is 1.79. The zero-order valence-corrected chi connectivity index (χ0v) is 14.3. The van der Waals surface area contributed by atoms with Gasteiger partial charge in [0.15, 0.2) is 0 Å². The fourth-order valence-electron chi connectivity index (χ4n) is 2.46. The Labute approximate surface area is 155 Å².